The summed E-state index contributed by atoms with van der Waals surface area (Å²) < 4.78 is 13.9. The summed E-state index contributed by atoms with van der Waals surface area (Å²) in [7, 11) is 0. The first-order chi connectivity index (χ1) is 14.5. The first-order valence-corrected chi connectivity index (χ1v) is 10.1. The van der Waals surface area contributed by atoms with Crippen LogP contribution in [0, 0.1) is 13.8 Å². The first-order valence-electron chi connectivity index (χ1n) is 10.1. The van der Waals surface area contributed by atoms with E-state index in [2.05, 4.69) is 27.2 Å². The number of nitrogens with one attached hydrogen (secondary N) is 1. The van der Waals surface area contributed by atoms with Crippen LogP contribution in [0.3, 0.4) is 0 Å². The molecule has 2 atom stereocenters. The molecule has 7 heteroatoms. The molecule has 7 nitrogen and oxygen atoms in total. The van der Waals surface area contributed by atoms with Crippen molar-refractivity contribution in [3.05, 3.63) is 59.5 Å². The molecule has 0 spiro atoms. The molecule has 0 saturated heterocycles. The minimum atomic E-state index is -0.482. The van der Waals surface area contributed by atoms with E-state index in [4.69, 9.17) is 14.2 Å². The lowest BCUT2D eigenvalue weighted by atomic mass is 10.00. The van der Waals surface area contributed by atoms with E-state index in [0.717, 1.165) is 50.9 Å². The third kappa shape index (κ3) is 2.93. The van der Waals surface area contributed by atoms with Crippen molar-refractivity contribution < 1.29 is 14.4 Å². The van der Waals surface area contributed by atoms with Gasteiger partial charge in [0, 0.05) is 12.1 Å². The summed E-state index contributed by atoms with van der Waals surface area (Å²) >= 11 is 0. The van der Waals surface area contributed by atoms with Crippen LogP contribution in [0.25, 0.3) is 22.2 Å². The number of nitrogens with zero attached hydrogens (tertiary/aromatic N) is 3. The normalized spacial score (nSPS) is 16.5. The second-order valence-corrected chi connectivity index (χ2v) is 7.78. The molecule has 0 amide bonds. The quantitative estimate of drug-likeness (QED) is 0.521. The molecule has 154 valence electrons. The monoisotopic (exact) mass is 404 g/mol. The van der Waals surface area contributed by atoms with Gasteiger partial charge in [-0.1, -0.05) is 35.5 Å². The van der Waals surface area contributed by atoms with Gasteiger partial charge in [0.25, 0.3) is 0 Å². The number of rotatable bonds is 5. The van der Waals surface area contributed by atoms with E-state index < -0.39 is 6.10 Å². The number of aromatic nitrogens is 3. The minimum Gasteiger partial charge on any atom is -0.488 e. The van der Waals surface area contributed by atoms with Gasteiger partial charge < -0.3 is 19.7 Å². The summed E-state index contributed by atoms with van der Waals surface area (Å²) in [4.78, 5) is 4.82. The van der Waals surface area contributed by atoms with Crippen LogP contribution in [0.15, 0.2) is 47.0 Å². The molecular formula is C23H24N4O3. The number of aliphatic hydroxyl groups excluding tert-OH is 1. The molecule has 2 N–H and O–H groups in total. The van der Waals surface area contributed by atoms with Crippen molar-refractivity contribution >= 4 is 17.0 Å². The summed E-state index contributed by atoms with van der Waals surface area (Å²) in [5.74, 6) is 2.27. The molecular weight excluding hydrogens is 380 g/mol. The fraction of sp³-hybridized carbons (Fsp3) is 0.304. The lowest BCUT2D eigenvalue weighted by Crippen LogP contribution is -2.26. The lowest BCUT2D eigenvalue weighted by molar-refractivity contribution is 0.207. The molecule has 1 aliphatic heterocycles. The Labute approximate surface area is 174 Å². The van der Waals surface area contributed by atoms with Crippen LogP contribution in [0.1, 0.15) is 30.0 Å². The number of imidazole rings is 1. The number of ether oxygens (including phenoxy) is 1. The molecule has 3 heterocycles. The number of benzene rings is 2. The average molecular weight is 404 g/mol. The Morgan fingerprint density at radius 3 is 2.70 bits per heavy atom. The van der Waals surface area contributed by atoms with Crippen molar-refractivity contribution in [2.75, 3.05) is 18.5 Å². The Morgan fingerprint density at radius 2 is 2.00 bits per heavy atom. The Hall–Kier alpha value is -3.32. The molecule has 0 saturated carbocycles. The van der Waals surface area contributed by atoms with Gasteiger partial charge in [-0.05, 0) is 38.5 Å². The molecule has 4 aromatic rings. The highest BCUT2D eigenvalue weighted by Crippen LogP contribution is 2.45. The first kappa shape index (κ1) is 18.7. The maximum Gasteiger partial charge on any atom is 0.204 e. The van der Waals surface area contributed by atoms with Crippen LogP contribution in [0.4, 0.5) is 5.95 Å². The van der Waals surface area contributed by atoms with Gasteiger partial charge in [0.1, 0.15) is 17.9 Å². The molecule has 0 aliphatic carbocycles. The van der Waals surface area contributed by atoms with Crippen molar-refractivity contribution in [2.24, 2.45) is 0 Å². The minimum absolute atomic E-state index is 0.0277. The molecule has 2 aromatic heterocycles. The lowest BCUT2D eigenvalue weighted by Gasteiger charge is -2.29. The number of aryl methyl sites for hydroxylation is 2. The highest BCUT2D eigenvalue weighted by atomic mass is 16.5. The zero-order valence-electron chi connectivity index (χ0n) is 17.2. The predicted octanol–water partition coefficient (Wildman–Crippen LogP) is 4.08. The zero-order valence-corrected chi connectivity index (χ0v) is 17.2. The summed E-state index contributed by atoms with van der Waals surface area (Å²) in [5.41, 5.74) is 5.65. The molecule has 1 aliphatic rings. The summed E-state index contributed by atoms with van der Waals surface area (Å²) in [6, 6.07) is 14.3. The smallest absolute Gasteiger partial charge is 0.204 e. The van der Waals surface area contributed by atoms with Crippen molar-refractivity contribution in [1.82, 2.24) is 14.7 Å². The summed E-state index contributed by atoms with van der Waals surface area (Å²) in [6.45, 7) is 6.49. The van der Waals surface area contributed by atoms with Gasteiger partial charge in [0.15, 0.2) is 5.75 Å². The van der Waals surface area contributed by atoms with E-state index in [1.807, 2.05) is 44.2 Å². The molecule has 0 fully saturated rings. The average Bonchev–Trinajstić information content (AvgIpc) is 3.29. The van der Waals surface area contributed by atoms with Crippen molar-refractivity contribution in [2.45, 2.75) is 32.9 Å². The Kier molecular flexibility index (Phi) is 4.47. The highest BCUT2D eigenvalue weighted by Gasteiger charge is 2.31. The SMILES string of the molecule is Cc1noc(C)c1-c1ccc2nc(NCC(C)O)n3c2c1OCC3c1ccccc1. The van der Waals surface area contributed by atoms with Gasteiger partial charge in [0.05, 0.1) is 28.9 Å². The summed E-state index contributed by atoms with van der Waals surface area (Å²) in [5, 5.41) is 17.2. The van der Waals surface area contributed by atoms with Crippen LogP contribution in [0.2, 0.25) is 0 Å². The van der Waals surface area contributed by atoms with E-state index >= 15 is 0 Å². The Morgan fingerprint density at radius 1 is 1.20 bits per heavy atom. The predicted molar refractivity (Wildman–Crippen MR) is 115 cm³/mol. The third-order valence-electron chi connectivity index (χ3n) is 5.55. The van der Waals surface area contributed by atoms with E-state index in [-0.39, 0.29) is 6.04 Å². The van der Waals surface area contributed by atoms with Gasteiger partial charge in [0.2, 0.25) is 5.95 Å². The van der Waals surface area contributed by atoms with Gasteiger partial charge in [-0.25, -0.2) is 4.98 Å². The van der Waals surface area contributed by atoms with Crippen LogP contribution in [-0.2, 0) is 0 Å². The maximum atomic E-state index is 9.79. The van der Waals surface area contributed by atoms with Gasteiger partial charge in [-0.2, -0.15) is 0 Å². The topological polar surface area (TPSA) is 85.3 Å². The van der Waals surface area contributed by atoms with E-state index in [9.17, 15) is 5.11 Å². The van der Waals surface area contributed by atoms with E-state index in [1.54, 1.807) is 6.92 Å². The van der Waals surface area contributed by atoms with Crippen molar-refractivity contribution in [3.63, 3.8) is 0 Å². The zero-order chi connectivity index (χ0) is 20.8. The van der Waals surface area contributed by atoms with E-state index in [0.29, 0.717) is 13.2 Å². The van der Waals surface area contributed by atoms with Gasteiger partial charge >= 0.3 is 0 Å². The second-order valence-electron chi connectivity index (χ2n) is 7.78. The van der Waals surface area contributed by atoms with Crippen LogP contribution >= 0.6 is 0 Å². The fourth-order valence-electron chi connectivity index (χ4n) is 4.19. The standard InChI is InChI=1S/C23H24N4O3/c1-13(28)11-24-23-25-18-10-9-17(20-14(2)26-30-15(20)3)22-21(18)27(23)19(12-29-22)16-7-5-4-6-8-16/h4-10,13,19,28H,11-12H2,1-3H3,(H,24,25). The number of hydrogen-bond donors (Lipinski definition) is 2. The largest absolute Gasteiger partial charge is 0.488 e. The van der Waals surface area contributed by atoms with Gasteiger partial charge in [-0.15, -0.1) is 0 Å². The molecule has 0 bridgehead atoms. The Balaban J connectivity index is 1.75. The molecule has 2 aromatic carbocycles. The van der Waals surface area contributed by atoms with Crippen LogP contribution in [0.5, 0.6) is 5.75 Å². The number of hydrogen-bond acceptors (Lipinski definition) is 6. The third-order valence-corrected chi connectivity index (χ3v) is 5.55. The maximum absolute atomic E-state index is 9.79. The van der Waals surface area contributed by atoms with E-state index in [1.165, 1.54) is 0 Å². The molecule has 30 heavy (non-hydrogen) atoms. The molecule has 5 rings (SSSR count). The number of aliphatic hydroxyl groups is 1. The number of anilines is 1. The van der Waals surface area contributed by atoms with Crippen molar-refractivity contribution in [3.8, 4) is 16.9 Å². The van der Waals surface area contributed by atoms with Crippen LogP contribution < -0.4 is 10.1 Å². The fourth-order valence-corrected chi connectivity index (χ4v) is 4.19. The molecule has 0 radical (unpaired) electrons. The van der Waals surface area contributed by atoms with Crippen molar-refractivity contribution in [1.29, 1.82) is 0 Å². The second kappa shape index (κ2) is 7.18. The Bertz CT molecular complexity index is 1190. The van der Waals surface area contributed by atoms with Gasteiger partial charge in [-0.3, -0.25) is 4.57 Å². The molecule has 2 unspecified atom stereocenters. The summed E-state index contributed by atoms with van der Waals surface area (Å²) in [6.07, 6.45) is -0.482. The highest BCUT2D eigenvalue weighted by molar-refractivity contribution is 5.94. The van der Waals surface area contributed by atoms with Crippen LogP contribution in [-0.4, -0.2) is 39.1 Å².